The number of benzene rings is 1. The van der Waals surface area contributed by atoms with Gasteiger partial charge in [0.15, 0.2) is 0 Å². The molecule has 0 spiro atoms. The van der Waals surface area contributed by atoms with Gasteiger partial charge < -0.3 is 15.2 Å². The molecule has 0 amide bonds. The number of rotatable bonds is 7. The first-order valence-corrected chi connectivity index (χ1v) is 13.6. The molecule has 0 saturated carbocycles. The molecule has 0 unspecified atom stereocenters. The molecule has 1 fully saturated rings. The molecule has 16 heteroatoms. The number of piperidine rings is 1. The minimum atomic E-state index is -4.86. The first-order chi connectivity index (χ1) is 18.2. The zero-order valence-corrected chi connectivity index (χ0v) is 21.6. The third-order valence-corrected chi connectivity index (χ3v) is 7.54. The van der Waals surface area contributed by atoms with E-state index >= 15 is 0 Å². The molecule has 1 aliphatic rings. The fourth-order valence-electron chi connectivity index (χ4n) is 4.41. The standard InChI is InChI=1S/C23H25F6N7O2S/c1-30-10-14-4-3-5-18(19(14)23(27,28)29)35-12-17(32-13-35)20-16(22(24,25)26)11-31-21(34-20)33-15-6-8-36(9-7-15)39(2,37)38/h3-5,11-13,15,30H,6-10H2,1-2H3,(H,31,33,34). The fraction of sp³-hybridized carbons (Fsp3) is 0.435. The van der Waals surface area contributed by atoms with Crippen molar-refractivity contribution in [2.75, 3.05) is 31.7 Å². The molecule has 1 aliphatic heterocycles. The van der Waals surface area contributed by atoms with Crippen molar-refractivity contribution in [3.63, 3.8) is 0 Å². The van der Waals surface area contributed by atoms with Crippen LogP contribution in [0.25, 0.3) is 17.1 Å². The van der Waals surface area contributed by atoms with Crippen LogP contribution in [-0.4, -0.2) is 64.7 Å². The van der Waals surface area contributed by atoms with Crippen LogP contribution in [0.15, 0.2) is 36.9 Å². The third kappa shape index (κ3) is 6.50. The van der Waals surface area contributed by atoms with Crippen LogP contribution >= 0.6 is 0 Å². The molecule has 1 saturated heterocycles. The number of halogens is 6. The van der Waals surface area contributed by atoms with Crippen molar-refractivity contribution in [3.05, 3.63) is 53.6 Å². The van der Waals surface area contributed by atoms with Crippen LogP contribution in [0, 0.1) is 0 Å². The lowest BCUT2D eigenvalue weighted by atomic mass is 10.0. The van der Waals surface area contributed by atoms with Crippen LogP contribution in [0.4, 0.5) is 32.3 Å². The topological polar surface area (TPSA) is 105 Å². The Kier molecular flexibility index (Phi) is 7.91. The SMILES string of the molecule is CNCc1cccc(-n2cnc(-c3nc(NC4CCN(S(C)(=O)=O)CC4)ncc3C(F)(F)F)c2)c1C(F)(F)F. The number of hydrogen-bond donors (Lipinski definition) is 2. The van der Waals surface area contributed by atoms with Crippen LogP contribution in [0.5, 0.6) is 0 Å². The molecule has 3 heterocycles. The highest BCUT2D eigenvalue weighted by atomic mass is 32.2. The van der Waals surface area contributed by atoms with Gasteiger partial charge in [-0.25, -0.2) is 27.7 Å². The molecule has 0 atom stereocenters. The number of nitrogens with one attached hydrogen (secondary N) is 2. The predicted molar refractivity (Wildman–Crippen MR) is 130 cm³/mol. The van der Waals surface area contributed by atoms with Crippen molar-refractivity contribution in [2.24, 2.45) is 0 Å². The Morgan fingerprint density at radius 1 is 1.05 bits per heavy atom. The molecular weight excluding hydrogens is 552 g/mol. The summed E-state index contributed by atoms with van der Waals surface area (Å²) in [6.45, 7) is 0.373. The van der Waals surface area contributed by atoms with Gasteiger partial charge in [-0.3, -0.25) is 0 Å². The highest BCUT2D eigenvalue weighted by Crippen LogP contribution is 2.39. The Labute approximate surface area is 220 Å². The average Bonchev–Trinajstić information content (AvgIpc) is 3.33. The molecule has 1 aromatic carbocycles. The Balaban J connectivity index is 1.69. The van der Waals surface area contributed by atoms with Crippen LogP contribution in [0.3, 0.4) is 0 Å². The van der Waals surface area contributed by atoms with E-state index in [1.807, 2.05) is 0 Å². The second kappa shape index (κ2) is 10.7. The Morgan fingerprint density at radius 2 is 1.74 bits per heavy atom. The normalized spacial score (nSPS) is 16.0. The van der Waals surface area contributed by atoms with Gasteiger partial charge in [-0.15, -0.1) is 0 Å². The zero-order chi connectivity index (χ0) is 28.6. The molecule has 4 rings (SSSR count). The largest absolute Gasteiger partial charge is 0.420 e. The summed E-state index contributed by atoms with van der Waals surface area (Å²) in [5.74, 6) is -0.141. The van der Waals surface area contributed by atoms with Gasteiger partial charge in [0.2, 0.25) is 16.0 Å². The van der Waals surface area contributed by atoms with Gasteiger partial charge >= 0.3 is 12.4 Å². The Hall–Kier alpha value is -3.24. The molecule has 3 aromatic rings. The van der Waals surface area contributed by atoms with E-state index in [-0.39, 0.29) is 48.6 Å². The van der Waals surface area contributed by atoms with Crippen molar-refractivity contribution in [3.8, 4) is 17.1 Å². The number of imidazole rings is 1. The number of nitrogens with zero attached hydrogens (tertiary/aromatic N) is 5. The predicted octanol–water partition coefficient (Wildman–Crippen LogP) is 3.92. The zero-order valence-electron chi connectivity index (χ0n) is 20.8. The first kappa shape index (κ1) is 28.8. The lowest BCUT2D eigenvalue weighted by molar-refractivity contribution is -0.138. The summed E-state index contributed by atoms with van der Waals surface area (Å²) in [6, 6.07) is 3.63. The van der Waals surface area contributed by atoms with Crippen LogP contribution in [0.1, 0.15) is 29.5 Å². The second-order valence-corrected chi connectivity index (χ2v) is 11.0. The van der Waals surface area contributed by atoms with Crippen LogP contribution in [0.2, 0.25) is 0 Å². The van der Waals surface area contributed by atoms with E-state index in [0.29, 0.717) is 19.0 Å². The second-order valence-electron chi connectivity index (χ2n) is 9.04. The van der Waals surface area contributed by atoms with Crippen molar-refractivity contribution in [2.45, 2.75) is 37.8 Å². The Morgan fingerprint density at radius 3 is 2.33 bits per heavy atom. The monoisotopic (exact) mass is 577 g/mol. The van der Waals surface area contributed by atoms with Crippen molar-refractivity contribution < 1.29 is 34.8 Å². The fourth-order valence-corrected chi connectivity index (χ4v) is 5.29. The number of anilines is 1. The first-order valence-electron chi connectivity index (χ1n) is 11.7. The van der Waals surface area contributed by atoms with Gasteiger partial charge in [-0.05, 0) is 31.5 Å². The van der Waals surface area contributed by atoms with E-state index in [1.54, 1.807) is 0 Å². The molecule has 212 valence electrons. The molecule has 2 aromatic heterocycles. The number of aromatic nitrogens is 4. The summed E-state index contributed by atoms with van der Waals surface area (Å²) in [4.78, 5) is 11.7. The maximum Gasteiger partial charge on any atom is 0.420 e. The van der Waals surface area contributed by atoms with Gasteiger partial charge in [-0.2, -0.15) is 26.3 Å². The molecule has 0 bridgehead atoms. The van der Waals surface area contributed by atoms with E-state index in [1.165, 1.54) is 29.6 Å². The summed E-state index contributed by atoms with van der Waals surface area (Å²) in [5, 5.41) is 5.60. The number of sulfonamides is 1. The third-order valence-electron chi connectivity index (χ3n) is 6.23. The molecule has 0 radical (unpaired) electrons. The molecule has 2 N–H and O–H groups in total. The van der Waals surface area contributed by atoms with Gasteiger partial charge in [0.05, 0.1) is 23.8 Å². The minimum Gasteiger partial charge on any atom is -0.351 e. The average molecular weight is 578 g/mol. The summed E-state index contributed by atoms with van der Waals surface area (Å²) in [7, 11) is -1.86. The number of hydrogen-bond acceptors (Lipinski definition) is 7. The summed E-state index contributed by atoms with van der Waals surface area (Å²) in [6.07, 6.45) is -5.09. The molecular formula is C23H25F6N7O2S. The van der Waals surface area contributed by atoms with Gasteiger partial charge in [0.25, 0.3) is 0 Å². The maximum absolute atomic E-state index is 14.0. The maximum atomic E-state index is 14.0. The van der Waals surface area contributed by atoms with Gasteiger partial charge in [0, 0.05) is 38.1 Å². The lowest BCUT2D eigenvalue weighted by Gasteiger charge is -2.30. The van der Waals surface area contributed by atoms with Gasteiger partial charge in [0.1, 0.15) is 17.0 Å². The van der Waals surface area contributed by atoms with Crippen molar-refractivity contribution in [1.29, 1.82) is 0 Å². The summed E-state index contributed by atoms with van der Waals surface area (Å²) in [5.41, 5.74) is -3.38. The highest BCUT2D eigenvalue weighted by Gasteiger charge is 2.38. The highest BCUT2D eigenvalue weighted by molar-refractivity contribution is 7.88. The van der Waals surface area contributed by atoms with Crippen molar-refractivity contribution >= 4 is 16.0 Å². The number of alkyl halides is 6. The molecule has 0 aliphatic carbocycles. The van der Waals surface area contributed by atoms with E-state index in [9.17, 15) is 34.8 Å². The smallest absolute Gasteiger partial charge is 0.351 e. The summed E-state index contributed by atoms with van der Waals surface area (Å²) < 4.78 is 109. The molecule has 39 heavy (non-hydrogen) atoms. The Bertz CT molecular complexity index is 1430. The van der Waals surface area contributed by atoms with Crippen LogP contribution < -0.4 is 10.6 Å². The van der Waals surface area contributed by atoms with E-state index in [4.69, 9.17) is 0 Å². The summed E-state index contributed by atoms with van der Waals surface area (Å²) >= 11 is 0. The van der Waals surface area contributed by atoms with E-state index < -0.39 is 39.2 Å². The minimum absolute atomic E-state index is 0.0378. The molecule has 9 nitrogen and oxygen atoms in total. The van der Waals surface area contributed by atoms with Crippen LogP contribution in [-0.2, 0) is 28.9 Å². The van der Waals surface area contributed by atoms with E-state index in [2.05, 4.69) is 25.6 Å². The van der Waals surface area contributed by atoms with Gasteiger partial charge in [-0.1, -0.05) is 12.1 Å². The van der Waals surface area contributed by atoms with Crippen molar-refractivity contribution in [1.82, 2.24) is 29.1 Å². The lowest BCUT2D eigenvalue weighted by Crippen LogP contribution is -2.42. The van der Waals surface area contributed by atoms with E-state index in [0.717, 1.165) is 23.3 Å². The quantitative estimate of drug-likeness (QED) is 0.410.